The second kappa shape index (κ2) is 5.45. The Hall–Kier alpha value is -1.81. The number of aromatic nitrogens is 2. The van der Waals surface area contributed by atoms with E-state index in [2.05, 4.69) is 4.98 Å². The second-order valence-corrected chi connectivity index (χ2v) is 4.64. The molecular weight excluding hydrogens is 264 g/mol. The maximum absolute atomic E-state index is 12.1. The molecule has 1 aromatic heterocycles. The maximum Gasteiger partial charge on any atom is 0.334 e. The van der Waals surface area contributed by atoms with Crippen LogP contribution in [0.5, 0.6) is 0 Å². The number of para-hydroxylation sites is 1. The van der Waals surface area contributed by atoms with Gasteiger partial charge >= 0.3 is 5.69 Å². The lowest BCUT2D eigenvalue weighted by atomic mass is 10.0. The van der Waals surface area contributed by atoms with Gasteiger partial charge in [0.2, 0.25) is 0 Å². The van der Waals surface area contributed by atoms with Gasteiger partial charge < -0.3 is 0 Å². The van der Waals surface area contributed by atoms with E-state index in [4.69, 9.17) is 11.6 Å². The van der Waals surface area contributed by atoms with Gasteiger partial charge in [0, 0.05) is 6.07 Å². The first kappa shape index (κ1) is 13.6. The molecule has 0 amide bonds. The van der Waals surface area contributed by atoms with Crippen molar-refractivity contribution in [3.63, 3.8) is 0 Å². The predicted octanol–water partition coefficient (Wildman–Crippen LogP) is 2.30. The fourth-order valence-electron chi connectivity index (χ4n) is 2.18. The van der Waals surface area contributed by atoms with Crippen LogP contribution in [0, 0.1) is 0 Å². The van der Waals surface area contributed by atoms with Gasteiger partial charge in [0.25, 0.3) is 5.56 Å². The summed E-state index contributed by atoms with van der Waals surface area (Å²) in [4.78, 5) is 26.5. The lowest BCUT2D eigenvalue weighted by Crippen LogP contribution is -2.34. The number of nitrogens with zero attached hydrogens (tertiary/aromatic N) is 1. The van der Waals surface area contributed by atoms with Crippen LogP contribution < -0.4 is 11.2 Å². The molecule has 2 rings (SSSR count). The lowest BCUT2D eigenvalue weighted by molar-refractivity contribution is 0.845. The molecule has 0 radical (unpaired) electrons. The van der Waals surface area contributed by atoms with Crippen molar-refractivity contribution in [1.29, 1.82) is 0 Å². The Labute approximate surface area is 115 Å². The third-order valence-electron chi connectivity index (χ3n) is 3.09. The highest BCUT2D eigenvalue weighted by molar-refractivity contribution is 6.29. The summed E-state index contributed by atoms with van der Waals surface area (Å²) >= 11 is 5.69. The first-order valence-electron chi connectivity index (χ1n) is 6.21. The van der Waals surface area contributed by atoms with Crippen molar-refractivity contribution in [2.45, 2.75) is 26.7 Å². The van der Waals surface area contributed by atoms with Gasteiger partial charge in [-0.15, -0.1) is 0 Å². The summed E-state index contributed by atoms with van der Waals surface area (Å²) in [6.45, 7) is 3.99. The average molecular weight is 279 g/mol. The van der Waals surface area contributed by atoms with Gasteiger partial charge in [-0.2, -0.15) is 0 Å². The minimum Gasteiger partial charge on any atom is -0.297 e. The molecule has 100 valence electrons. The number of hydrogen-bond acceptors (Lipinski definition) is 2. The van der Waals surface area contributed by atoms with Gasteiger partial charge in [-0.1, -0.05) is 43.6 Å². The Morgan fingerprint density at radius 2 is 1.74 bits per heavy atom. The van der Waals surface area contributed by atoms with Crippen molar-refractivity contribution < 1.29 is 0 Å². The van der Waals surface area contributed by atoms with Crippen LogP contribution in [0.25, 0.3) is 5.69 Å². The highest BCUT2D eigenvalue weighted by Gasteiger charge is 2.13. The smallest absolute Gasteiger partial charge is 0.297 e. The quantitative estimate of drug-likeness (QED) is 0.876. The van der Waals surface area contributed by atoms with Crippen molar-refractivity contribution in [3.05, 3.63) is 61.4 Å². The molecule has 1 aromatic carbocycles. The van der Waals surface area contributed by atoms with E-state index in [1.807, 2.05) is 32.0 Å². The number of nitrogens with one attached hydrogen (secondary N) is 1. The number of hydrogen-bond donors (Lipinski definition) is 1. The lowest BCUT2D eigenvalue weighted by Gasteiger charge is -2.14. The molecule has 0 unspecified atom stereocenters. The van der Waals surface area contributed by atoms with E-state index in [1.54, 1.807) is 0 Å². The van der Waals surface area contributed by atoms with Crippen LogP contribution in [0.15, 0.2) is 33.9 Å². The van der Waals surface area contributed by atoms with Crippen LogP contribution in [0.1, 0.15) is 25.0 Å². The van der Waals surface area contributed by atoms with E-state index in [9.17, 15) is 9.59 Å². The minimum atomic E-state index is -0.506. The molecular formula is C14H15ClN2O2. The summed E-state index contributed by atoms with van der Waals surface area (Å²) in [5.41, 5.74) is 1.69. The molecule has 0 bridgehead atoms. The number of H-pyrrole nitrogens is 1. The normalized spacial score (nSPS) is 10.7. The number of halogens is 1. The van der Waals surface area contributed by atoms with Gasteiger partial charge in [-0.3, -0.25) is 9.78 Å². The van der Waals surface area contributed by atoms with E-state index in [1.165, 1.54) is 6.07 Å². The van der Waals surface area contributed by atoms with Crippen LogP contribution in [-0.2, 0) is 12.8 Å². The van der Waals surface area contributed by atoms with Crippen molar-refractivity contribution in [2.24, 2.45) is 0 Å². The molecule has 0 aliphatic heterocycles. The zero-order valence-electron chi connectivity index (χ0n) is 10.9. The number of aryl methyl sites for hydroxylation is 2. The SMILES string of the molecule is CCc1cccc(CC)c1-n1c(=O)cc(Cl)[nH]c1=O. The summed E-state index contributed by atoms with van der Waals surface area (Å²) < 4.78 is 1.16. The topological polar surface area (TPSA) is 54.9 Å². The highest BCUT2D eigenvalue weighted by atomic mass is 35.5. The largest absolute Gasteiger partial charge is 0.334 e. The fraction of sp³-hybridized carbons (Fsp3) is 0.286. The molecule has 1 N–H and O–H groups in total. The molecule has 0 atom stereocenters. The minimum absolute atomic E-state index is 0.0540. The van der Waals surface area contributed by atoms with Crippen molar-refractivity contribution in [3.8, 4) is 5.69 Å². The molecule has 5 heteroatoms. The molecule has 0 saturated carbocycles. The first-order chi connectivity index (χ1) is 9.08. The van der Waals surface area contributed by atoms with Gasteiger partial charge in [-0.05, 0) is 24.0 Å². The molecule has 0 saturated heterocycles. The van der Waals surface area contributed by atoms with E-state index in [0.717, 1.165) is 28.5 Å². The molecule has 4 nitrogen and oxygen atoms in total. The summed E-state index contributed by atoms with van der Waals surface area (Å²) in [6, 6.07) is 7.01. The Kier molecular flexibility index (Phi) is 3.90. The Morgan fingerprint density at radius 1 is 1.16 bits per heavy atom. The third kappa shape index (κ3) is 2.49. The summed E-state index contributed by atoms with van der Waals surface area (Å²) in [7, 11) is 0. The van der Waals surface area contributed by atoms with E-state index in [0.29, 0.717) is 5.69 Å². The average Bonchev–Trinajstić information content (AvgIpc) is 2.37. The molecule has 0 aliphatic rings. The number of aromatic amines is 1. The molecule has 0 fully saturated rings. The molecule has 19 heavy (non-hydrogen) atoms. The zero-order chi connectivity index (χ0) is 14.0. The van der Waals surface area contributed by atoms with Gasteiger partial charge in [0.15, 0.2) is 0 Å². The predicted molar refractivity (Wildman–Crippen MR) is 76.4 cm³/mol. The summed E-state index contributed by atoms with van der Waals surface area (Å²) in [5, 5.41) is 0.0540. The van der Waals surface area contributed by atoms with Crippen LogP contribution >= 0.6 is 11.6 Å². The van der Waals surface area contributed by atoms with Crippen molar-refractivity contribution >= 4 is 11.6 Å². The first-order valence-corrected chi connectivity index (χ1v) is 6.59. The Bertz CT molecular complexity index is 663. The van der Waals surface area contributed by atoms with Crippen LogP contribution in [0.2, 0.25) is 5.15 Å². The molecule has 0 spiro atoms. The van der Waals surface area contributed by atoms with Crippen molar-refractivity contribution in [2.75, 3.05) is 0 Å². The van der Waals surface area contributed by atoms with Crippen LogP contribution in [0.4, 0.5) is 0 Å². The summed E-state index contributed by atoms with van der Waals surface area (Å²) in [6.07, 6.45) is 1.50. The van der Waals surface area contributed by atoms with E-state index in [-0.39, 0.29) is 5.15 Å². The molecule has 0 aliphatic carbocycles. The zero-order valence-corrected chi connectivity index (χ0v) is 11.6. The highest BCUT2D eigenvalue weighted by Crippen LogP contribution is 2.18. The van der Waals surface area contributed by atoms with E-state index >= 15 is 0 Å². The van der Waals surface area contributed by atoms with Gasteiger partial charge in [0.1, 0.15) is 5.15 Å². The van der Waals surface area contributed by atoms with Gasteiger partial charge in [-0.25, -0.2) is 9.36 Å². The monoisotopic (exact) mass is 278 g/mol. The molecule has 2 aromatic rings. The van der Waals surface area contributed by atoms with Crippen molar-refractivity contribution in [1.82, 2.24) is 9.55 Å². The van der Waals surface area contributed by atoms with Gasteiger partial charge in [0.05, 0.1) is 5.69 Å². The maximum atomic E-state index is 12.1. The Balaban J connectivity index is 2.86. The Morgan fingerprint density at radius 3 is 2.21 bits per heavy atom. The van der Waals surface area contributed by atoms with Crippen LogP contribution in [-0.4, -0.2) is 9.55 Å². The third-order valence-corrected chi connectivity index (χ3v) is 3.29. The van der Waals surface area contributed by atoms with Crippen LogP contribution in [0.3, 0.4) is 0 Å². The molecule has 1 heterocycles. The number of rotatable bonds is 3. The van der Waals surface area contributed by atoms with E-state index < -0.39 is 11.2 Å². The number of benzene rings is 1. The summed E-state index contributed by atoms with van der Waals surface area (Å²) in [5.74, 6) is 0. The second-order valence-electron chi connectivity index (χ2n) is 4.23. The standard InChI is InChI=1S/C14H15ClN2O2/c1-3-9-6-5-7-10(4-2)13(9)17-12(18)8-11(15)16-14(17)19/h5-8H,3-4H2,1-2H3,(H,16,19). The fourth-order valence-corrected chi connectivity index (χ4v) is 2.36.